The van der Waals surface area contributed by atoms with Crippen LogP contribution in [0.2, 0.25) is 0 Å². The summed E-state index contributed by atoms with van der Waals surface area (Å²) in [6.45, 7) is 2.05. The Balaban J connectivity index is 1.54. The summed E-state index contributed by atoms with van der Waals surface area (Å²) in [5.41, 5.74) is 6.30. The minimum Gasteiger partial charge on any atom is -0.307 e. The lowest BCUT2D eigenvalue weighted by molar-refractivity contribution is 0.256. The molecule has 2 aliphatic carbocycles. The number of urea groups is 1. The fourth-order valence-electron chi connectivity index (χ4n) is 4.30. The van der Waals surface area contributed by atoms with E-state index < -0.39 is 16.1 Å². The van der Waals surface area contributed by atoms with E-state index in [1.54, 1.807) is 0 Å². The number of nitrogens with one attached hydrogen (secondary N) is 2. The van der Waals surface area contributed by atoms with Crippen LogP contribution in [0.1, 0.15) is 60.6 Å². The van der Waals surface area contributed by atoms with Crippen molar-refractivity contribution in [3.8, 4) is 0 Å². The molecule has 1 heterocycles. The molecule has 0 aliphatic heterocycles. The molecule has 0 bridgehead atoms. The lowest BCUT2D eigenvalue weighted by atomic mass is 9.99. The summed E-state index contributed by atoms with van der Waals surface area (Å²) in [6.07, 6.45) is 9.69. The topological polar surface area (TPSA) is 101 Å². The van der Waals surface area contributed by atoms with E-state index in [0.29, 0.717) is 12.1 Å². The van der Waals surface area contributed by atoms with Gasteiger partial charge in [0.15, 0.2) is 0 Å². The van der Waals surface area contributed by atoms with E-state index in [-0.39, 0.29) is 4.90 Å². The zero-order valence-corrected chi connectivity index (χ0v) is 17.4. The Morgan fingerprint density at radius 2 is 1.76 bits per heavy atom. The first-order valence-electron chi connectivity index (χ1n) is 10.3. The number of benzene rings is 1. The monoisotopic (exact) mass is 414 g/mol. The largest absolute Gasteiger partial charge is 0.333 e. The highest BCUT2D eigenvalue weighted by Crippen LogP contribution is 2.38. The van der Waals surface area contributed by atoms with Crippen LogP contribution in [-0.4, -0.2) is 24.6 Å². The van der Waals surface area contributed by atoms with Gasteiger partial charge in [0, 0.05) is 5.69 Å². The smallest absolute Gasteiger partial charge is 0.307 e. The molecule has 0 saturated carbocycles. The van der Waals surface area contributed by atoms with Crippen LogP contribution in [-0.2, 0) is 42.1 Å². The number of fused-ring (bicyclic) bond motifs is 2. The number of sulfonamides is 1. The van der Waals surface area contributed by atoms with Gasteiger partial charge in [-0.3, -0.25) is 0 Å². The van der Waals surface area contributed by atoms with Crippen molar-refractivity contribution in [2.45, 2.75) is 69.6 Å². The third-order valence-electron chi connectivity index (χ3n) is 5.72. The van der Waals surface area contributed by atoms with Crippen molar-refractivity contribution in [1.29, 1.82) is 0 Å². The van der Waals surface area contributed by atoms with E-state index in [0.717, 1.165) is 68.2 Å². The summed E-state index contributed by atoms with van der Waals surface area (Å²) in [5.74, 6) is 0. The highest BCUT2D eigenvalue weighted by molar-refractivity contribution is 7.90. The SMILES string of the molecule is CCCCc1cc(S(=O)(=O)NC(=O)Nc2c3c(cc4c2CCC4)CCC3)cnn1. The molecular formula is C21H26N4O3S. The molecule has 0 spiro atoms. The first-order chi connectivity index (χ1) is 14.0. The van der Waals surface area contributed by atoms with Gasteiger partial charge in [0.2, 0.25) is 0 Å². The van der Waals surface area contributed by atoms with Crippen molar-refractivity contribution < 1.29 is 13.2 Å². The molecule has 1 aromatic carbocycles. The molecule has 2 aromatic rings. The predicted molar refractivity (Wildman–Crippen MR) is 110 cm³/mol. The average Bonchev–Trinajstić information content (AvgIpc) is 3.35. The lowest BCUT2D eigenvalue weighted by Gasteiger charge is -2.16. The number of anilines is 1. The highest BCUT2D eigenvalue weighted by Gasteiger charge is 2.26. The Bertz CT molecular complexity index is 1020. The second-order valence-electron chi connectivity index (χ2n) is 7.78. The minimum atomic E-state index is -4.02. The second kappa shape index (κ2) is 8.10. The summed E-state index contributed by atoms with van der Waals surface area (Å²) in [4.78, 5) is 12.6. The van der Waals surface area contributed by atoms with Crippen molar-refractivity contribution in [2.24, 2.45) is 0 Å². The van der Waals surface area contributed by atoms with Crippen molar-refractivity contribution in [3.05, 3.63) is 46.3 Å². The molecule has 29 heavy (non-hydrogen) atoms. The molecule has 154 valence electrons. The van der Waals surface area contributed by atoms with Gasteiger partial charge in [-0.2, -0.15) is 10.2 Å². The minimum absolute atomic E-state index is 0.0442. The maximum absolute atomic E-state index is 12.7. The first kappa shape index (κ1) is 19.8. The Labute approximate surface area is 171 Å². The van der Waals surface area contributed by atoms with Crippen LogP contribution >= 0.6 is 0 Å². The molecule has 0 fully saturated rings. The fourth-order valence-corrected chi connectivity index (χ4v) is 5.19. The summed E-state index contributed by atoms with van der Waals surface area (Å²) < 4.78 is 27.5. The Hall–Kier alpha value is -2.48. The fraction of sp³-hybridized carbons (Fsp3) is 0.476. The van der Waals surface area contributed by atoms with Crippen LogP contribution in [0.3, 0.4) is 0 Å². The summed E-state index contributed by atoms with van der Waals surface area (Å²) in [5, 5.41) is 10.6. The van der Waals surface area contributed by atoms with Crippen molar-refractivity contribution in [2.75, 3.05) is 5.32 Å². The van der Waals surface area contributed by atoms with Gasteiger partial charge < -0.3 is 5.32 Å². The third kappa shape index (κ3) is 4.12. The molecule has 0 radical (unpaired) electrons. The molecule has 2 aliphatic rings. The number of carbonyl (C=O) groups excluding carboxylic acids is 1. The van der Waals surface area contributed by atoms with Crippen LogP contribution in [0.25, 0.3) is 0 Å². The molecular weight excluding hydrogens is 388 g/mol. The Kier molecular flexibility index (Phi) is 5.54. The maximum atomic E-state index is 12.7. The standard InChI is InChI=1S/C21H26N4O3S/c1-2-3-8-16-12-17(13-22-24-16)29(27,28)25-21(26)23-20-18-9-4-6-14(18)11-15-7-5-10-19(15)20/h11-13H,2-10H2,1H3,(H2,23,25,26). The van der Waals surface area contributed by atoms with Crippen LogP contribution in [0.4, 0.5) is 10.5 Å². The van der Waals surface area contributed by atoms with Gasteiger partial charge in [-0.15, -0.1) is 0 Å². The van der Waals surface area contributed by atoms with E-state index in [4.69, 9.17) is 0 Å². The van der Waals surface area contributed by atoms with E-state index in [2.05, 4.69) is 33.2 Å². The van der Waals surface area contributed by atoms with Crippen molar-refractivity contribution >= 4 is 21.7 Å². The molecule has 2 amide bonds. The molecule has 7 nitrogen and oxygen atoms in total. The summed E-state index contributed by atoms with van der Waals surface area (Å²) in [6, 6.07) is 3.02. The Morgan fingerprint density at radius 3 is 2.41 bits per heavy atom. The van der Waals surface area contributed by atoms with E-state index >= 15 is 0 Å². The number of aryl methyl sites for hydroxylation is 3. The average molecular weight is 415 g/mol. The zero-order chi connectivity index (χ0) is 20.4. The number of hydrogen-bond acceptors (Lipinski definition) is 5. The van der Waals surface area contributed by atoms with Gasteiger partial charge in [0.05, 0.1) is 11.9 Å². The summed E-state index contributed by atoms with van der Waals surface area (Å²) >= 11 is 0. The number of unbranched alkanes of at least 4 members (excludes halogenated alkanes) is 1. The number of amides is 2. The number of hydrogen-bond donors (Lipinski definition) is 2. The molecule has 4 rings (SSSR count). The van der Waals surface area contributed by atoms with Gasteiger partial charge in [-0.1, -0.05) is 19.4 Å². The number of carbonyl (C=O) groups is 1. The van der Waals surface area contributed by atoms with E-state index in [9.17, 15) is 13.2 Å². The van der Waals surface area contributed by atoms with Gasteiger partial charge in [-0.05, 0) is 79.7 Å². The summed E-state index contributed by atoms with van der Waals surface area (Å²) in [7, 11) is -4.02. The van der Waals surface area contributed by atoms with Gasteiger partial charge in [0.25, 0.3) is 10.0 Å². The molecule has 1 aromatic heterocycles. The molecule has 8 heteroatoms. The van der Waals surface area contributed by atoms with Crippen molar-refractivity contribution in [3.63, 3.8) is 0 Å². The molecule has 0 unspecified atom stereocenters. The van der Waals surface area contributed by atoms with Gasteiger partial charge in [0.1, 0.15) is 4.90 Å². The van der Waals surface area contributed by atoms with E-state index in [1.807, 2.05) is 0 Å². The van der Waals surface area contributed by atoms with Gasteiger partial charge >= 0.3 is 6.03 Å². The first-order valence-corrected chi connectivity index (χ1v) is 11.8. The van der Waals surface area contributed by atoms with Crippen LogP contribution in [0.5, 0.6) is 0 Å². The van der Waals surface area contributed by atoms with E-state index in [1.165, 1.54) is 23.4 Å². The molecule has 2 N–H and O–H groups in total. The Morgan fingerprint density at radius 1 is 1.07 bits per heavy atom. The second-order valence-corrected chi connectivity index (χ2v) is 9.46. The normalized spacial score (nSPS) is 15.1. The van der Waals surface area contributed by atoms with Gasteiger partial charge in [-0.25, -0.2) is 17.9 Å². The van der Waals surface area contributed by atoms with Crippen molar-refractivity contribution in [1.82, 2.24) is 14.9 Å². The number of nitrogens with zero attached hydrogens (tertiary/aromatic N) is 2. The number of rotatable bonds is 6. The predicted octanol–water partition coefficient (Wildman–Crippen LogP) is 3.31. The third-order valence-corrected chi connectivity index (χ3v) is 7.01. The maximum Gasteiger partial charge on any atom is 0.333 e. The zero-order valence-electron chi connectivity index (χ0n) is 16.6. The molecule has 0 atom stereocenters. The quantitative estimate of drug-likeness (QED) is 0.755. The number of aromatic nitrogens is 2. The van der Waals surface area contributed by atoms with Crippen LogP contribution < -0.4 is 10.0 Å². The highest BCUT2D eigenvalue weighted by atomic mass is 32.2. The van der Waals surface area contributed by atoms with Crippen LogP contribution in [0.15, 0.2) is 23.2 Å². The lowest BCUT2D eigenvalue weighted by Crippen LogP contribution is -2.35. The molecule has 0 saturated heterocycles. The van der Waals surface area contributed by atoms with Crippen LogP contribution in [0, 0.1) is 0 Å².